The van der Waals surface area contributed by atoms with Crippen molar-refractivity contribution in [2.45, 2.75) is 39.8 Å². The smallest absolute Gasteiger partial charge is 0.155 e. The van der Waals surface area contributed by atoms with Crippen LogP contribution in [0.1, 0.15) is 30.8 Å². The van der Waals surface area contributed by atoms with Gasteiger partial charge in [-0.25, -0.2) is 9.98 Å². The van der Waals surface area contributed by atoms with Crippen molar-refractivity contribution in [1.29, 1.82) is 0 Å². The number of ether oxygens (including phenoxy) is 1. The van der Waals surface area contributed by atoms with Crippen molar-refractivity contribution in [3.63, 3.8) is 0 Å². The first kappa shape index (κ1) is 17.6. The van der Waals surface area contributed by atoms with Crippen LogP contribution >= 0.6 is 0 Å². The van der Waals surface area contributed by atoms with Crippen molar-refractivity contribution in [2.24, 2.45) is 4.99 Å². The van der Waals surface area contributed by atoms with Gasteiger partial charge in [0.1, 0.15) is 5.69 Å². The first-order valence-corrected chi connectivity index (χ1v) is 8.10. The van der Waals surface area contributed by atoms with Crippen LogP contribution in [-0.2, 0) is 4.74 Å². The number of allylic oxidation sites excluding steroid dienone is 1. The number of hydrogen-bond donors (Lipinski definition) is 1. The number of methoxy groups -OCH3 is 1. The standard InChI is InChI=1S/C18H28N4O/c1-12(2)20-18(17-13(3)7-8-14(4)21-17)22-10-15(5)19-9-16(22)11-23-6/h7-8,15-16,19H,1,9-11H2,2-6H3. The molecule has 126 valence electrons. The Bertz CT molecular complexity index is 597. The second kappa shape index (κ2) is 7.70. The molecule has 5 nitrogen and oxygen atoms in total. The zero-order valence-corrected chi connectivity index (χ0v) is 14.9. The van der Waals surface area contributed by atoms with Gasteiger partial charge in [0.2, 0.25) is 0 Å². The van der Waals surface area contributed by atoms with E-state index >= 15 is 0 Å². The molecule has 5 heteroatoms. The molecule has 1 aliphatic rings. The first-order valence-electron chi connectivity index (χ1n) is 8.10. The monoisotopic (exact) mass is 316 g/mol. The van der Waals surface area contributed by atoms with Crippen molar-refractivity contribution in [3.8, 4) is 0 Å². The number of amidine groups is 1. The maximum absolute atomic E-state index is 5.41. The highest BCUT2D eigenvalue weighted by Gasteiger charge is 2.30. The SMILES string of the molecule is C=C(C)N=C(c1nc(C)ccc1C)N1CC(C)NCC1COC. The van der Waals surface area contributed by atoms with Gasteiger partial charge in [-0.05, 0) is 39.3 Å². The molecule has 0 radical (unpaired) electrons. The third-order valence-electron chi connectivity index (χ3n) is 3.99. The molecule has 1 aliphatic heterocycles. The largest absolute Gasteiger partial charge is 0.383 e. The zero-order chi connectivity index (χ0) is 17.0. The highest BCUT2D eigenvalue weighted by atomic mass is 16.5. The topological polar surface area (TPSA) is 49.8 Å². The Labute approximate surface area is 139 Å². The van der Waals surface area contributed by atoms with Gasteiger partial charge in [0, 0.05) is 37.6 Å². The number of nitrogens with zero attached hydrogens (tertiary/aromatic N) is 3. The average molecular weight is 316 g/mol. The van der Waals surface area contributed by atoms with Crippen LogP contribution in [-0.4, -0.2) is 54.6 Å². The highest BCUT2D eigenvalue weighted by Crippen LogP contribution is 2.17. The van der Waals surface area contributed by atoms with E-state index in [0.29, 0.717) is 12.6 Å². The fourth-order valence-electron chi connectivity index (χ4n) is 2.84. The average Bonchev–Trinajstić information content (AvgIpc) is 2.49. The number of rotatable bonds is 4. The summed E-state index contributed by atoms with van der Waals surface area (Å²) in [6, 6.07) is 4.76. The number of piperazine rings is 1. The first-order chi connectivity index (χ1) is 10.9. The Morgan fingerprint density at radius 3 is 2.87 bits per heavy atom. The molecule has 1 saturated heterocycles. The van der Waals surface area contributed by atoms with Crippen LogP contribution in [0, 0.1) is 13.8 Å². The van der Waals surface area contributed by atoms with Gasteiger partial charge in [0.15, 0.2) is 5.84 Å². The lowest BCUT2D eigenvalue weighted by molar-refractivity contribution is 0.103. The van der Waals surface area contributed by atoms with E-state index in [-0.39, 0.29) is 6.04 Å². The number of nitrogens with one attached hydrogen (secondary N) is 1. The number of pyridine rings is 1. The molecule has 2 heterocycles. The minimum Gasteiger partial charge on any atom is -0.383 e. The molecule has 2 atom stereocenters. The van der Waals surface area contributed by atoms with E-state index in [1.54, 1.807) is 7.11 Å². The second-order valence-electron chi connectivity index (χ2n) is 6.36. The molecular formula is C18H28N4O. The van der Waals surface area contributed by atoms with Crippen LogP contribution < -0.4 is 5.32 Å². The summed E-state index contributed by atoms with van der Waals surface area (Å²) in [5.74, 6) is 0.897. The van der Waals surface area contributed by atoms with Gasteiger partial charge in [0.05, 0.1) is 12.6 Å². The highest BCUT2D eigenvalue weighted by molar-refractivity contribution is 5.99. The van der Waals surface area contributed by atoms with Gasteiger partial charge in [-0.1, -0.05) is 12.6 Å². The van der Waals surface area contributed by atoms with Crippen molar-refractivity contribution < 1.29 is 4.74 Å². The third kappa shape index (κ3) is 4.39. The lowest BCUT2D eigenvalue weighted by Gasteiger charge is -2.41. The Kier molecular flexibility index (Phi) is 5.91. The summed E-state index contributed by atoms with van der Waals surface area (Å²) < 4.78 is 5.41. The zero-order valence-electron chi connectivity index (χ0n) is 14.9. The van der Waals surface area contributed by atoms with Crippen molar-refractivity contribution in [2.75, 3.05) is 26.8 Å². The third-order valence-corrected chi connectivity index (χ3v) is 3.99. The summed E-state index contributed by atoms with van der Waals surface area (Å²) in [6.45, 7) is 14.6. The maximum Gasteiger partial charge on any atom is 0.155 e. The minimum absolute atomic E-state index is 0.232. The summed E-state index contributed by atoms with van der Waals surface area (Å²) in [7, 11) is 1.74. The summed E-state index contributed by atoms with van der Waals surface area (Å²) in [5, 5.41) is 3.51. The summed E-state index contributed by atoms with van der Waals surface area (Å²) >= 11 is 0. The fraction of sp³-hybridized carbons (Fsp3) is 0.556. The van der Waals surface area contributed by atoms with Crippen LogP contribution in [0.3, 0.4) is 0 Å². The lowest BCUT2D eigenvalue weighted by Crippen LogP contribution is -2.59. The summed E-state index contributed by atoms with van der Waals surface area (Å²) in [5.41, 5.74) is 3.83. The molecule has 2 unspecified atom stereocenters. The van der Waals surface area contributed by atoms with Gasteiger partial charge in [0.25, 0.3) is 0 Å². The van der Waals surface area contributed by atoms with Crippen LogP contribution in [0.25, 0.3) is 0 Å². The molecule has 0 aromatic carbocycles. The second-order valence-corrected chi connectivity index (χ2v) is 6.36. The molecule has 1 aromatic heterocycles. The normalized spacial score (nSPS) is 22.3. The number of hydrogen-bond acceptors (Lipinski definition) is 4. The molecule has 0 bridgehead atoms. The quantitative estimate of drug-likeness (QED) is 0.684. The minimum atomic E-state index is 0.232. The van der Waals surface area contributed by atoms with E-state index in [4.69, 9.17) is 14.7 Å². The maximum atomic E-state index is 5.41. The molecule has 2 rings (SSSR count). The lowest BCUT2D eigenvalue weighted by atomic mass is 10.1. The van der Waals surface area contributed by atoms with Crippen LogP contribution in [0.4, 0.5) is 0 Å². The predicted molar refractivity (Wildman–Crippen MR) is 94.9 cm³/mol. The van der Waals surface area contributed by atoms with E-state index in [1.807, 2.05) is 19.9 Å². The van der Waals surface area contributed by atoms with Crippen LogP contribution in [0.5, 0.6) is 0 Å². The van der Waals surface area contributed by atoms with Crippen molar-refractivity contribution in [1.82, 2.24) is 15.2 Å². The summed E-state index contributed by atoms with van der Waals surface area (Å²) in [6.07, 6.45) is 0. The van der Waals surface area contributed by atoms with Crippen molar-refractivity contribution >= 4 is 5.84 Å². The Morgan fingerprint density at radius 1 is 1.48 bits per heavy atom. The van der Waals surface area contributed by atoms with E-state index in [1.165, 1.54) is 0 Å². The molecule has 0 amide bonds. The van der Waals surface area contributed by atoms with Gasteiger partial charge >= 0.3 is 0 Å². The number of aryl methyl sites for hydroxylation is 2. The molecule has 1 N–H and O–H groups in total. The molecule has 0 aliphatic carbocycles. The molecule has 23 heavy (non-hydrogen) atoms. The Morgan fingerprint density at radius 2 is 2.22 bits per heavy atom. The number of aromatic nitrogens is 1. The van der Waals surface area contributed by atoms with E-state index in [9.17, 15) is 0 Å². The summed E-state index contributed by atoms with van der Waals surface area (Å²) in [4.78, 5) is 11.8. The molecule has 0 saturated carbocycles. The van der Waals surface area contributed by atoms with E-state index in [2.05, 4.69) is 36.7 Å². The molecular weight excluding hydrogens is 288 g/mol. The van der Waals surface area contributed by atoms with Gasteiger partial charge < -0.3 is 15.0 Å². The van der Waals surface area contributed by atoms with E-state index < -0.39 is 0 Å². The molecule has 1 fully saturated rings. The van der Waals surface area contributed by atoms with Gasteiger partial charge in [-0.2, -0.15) is 0 Å². The Balaban J connectivity index is 2.48. The number of aliphatic imine (C=N–C) groups is 1. The van der Waals surface area contributed by atoms with Crippen LogP contribution in [0.15, 0.2) is 29.4 Å². The van der Waals surface area contributed by atoms with Crippen LogP contribution in [0.2, 0.25) is 0 Å². The molecule has 0 spiro atoms. The fourth-order valence-corrected chi connectivity index (χ4v) is 2.84. The Hall–Kier alpha value is -1.72. The van der Waals surface area contributed by atoms with E-state index in [0.717, 1.165) is 41.6 Å². The van der Waals surface area contributed by atoms with Gasteiger partial charge in [-0.3, -0.25) is 0 Å². The van der Waals surface area contributed by atoms with Crippen molar-refractivity contribution in [3.05, 3.63) is 41.4 Å². The predicted octanol–water partition coefficient (Wildman–Crippen LogP) is 2.29. The molecule has 1 aromatic rings. The van der Waals surface area contributed by atoms with Gasteiger partial charge in [-0.15, -0.1) is 0 Å².